The van der Waals surface area contributed by atoms with Crippen LogP contribution in [0.25, 0.3) is 0 Å². The summed E-state index contributed by atoms with van der Waals surface area (Å²) < 4.78 is 0. The van der Waals surface area contributed by atoms with Crippen molar-refractivity contribution in [3.63, 3.8) is 0 Å². The zero-order chi connectivity index (χ0) is 5.70. The van der Waals surface area contributed by atoms with Gasteiger partial charge in [0.05, 0.1) is 7.11 Å². The third-order valence-corrected chi connectivity index (χ3v) is 0.276. The maximum absolute atomic E-state index is 9.73. The Hall–Kier alpha value is -0.520. The first-order valence-electron chi connectivity index (χ1n) is 1.61. The van der Waals surface area contributed by atoms with E-state index in [0.29, 0.717) is 0 Å². The summed E-state index contributed by atoms with van der Waals surface area (Å²) in [6, 6.07) is -0.679. The van der Waals surface area contributed by atoms with E-state index < -0.39 is 6.03 Å². The molecule has 0 atom stereocenters. The van der Waals surface area contributed by atoms with Crippen molar-refractivity contribution < 1.29 is 9.63 Å². The summed E-state index contributed by atoms with van der Waals surface area (Å²) in [6.45, 7) is 0. The summed E-state index contributed by atoms with van der Waals surface area (Å²) in [6.07, 6.45) is 0. The number of primary amides is 1. The number of hydrazine groups is 1. The lowest BCUT2D eigenvalue weighted by atomic mass is 11.2. The van der Waals surface area contributed by atoms with Gasteiger partial charge in [0.1, 0.15) is 0 Å². The van der Waals surface area contributed by atoms with Crippen LogP contribution in [-0.4, -0.2) is 13.1 Å². The molecule has 0 bridgehead atoms. The summed E-state index contributed by atoms with van der Waals surface area (Å²) in [5, 5.41) is 0. The molecule has 0 aromatic rings. The van der Waals surface area contributed by atoms with Crippen molar-refractivity contribution in [3.8, 4) is 0 Å². The van der Waals surface area contributed by atoms with E-state index >= 15 is 0 Å². The topological polar surface area (TPSA) is 76.4 Å². The number of nitrogens with one attached hydrogen (secondary N) is 2. The van der Waals surface area contributed by atoms with Gasteiger partial charge in [-0.1, -0.05) is 0 Å². The Kier molecular flexibility index (Phi) is 8.47. The van der Waals surface area contributed by atoms with Crippen LogP contribution in [-0.2, 0) is 4.84 Å². The van der Waals surface area contributed by atoms with Gasteiger partial charge in [-0.3, -0.25) is 10.3 Å². The van der Waals surface area contributed by atoms with Gasteiger partial charge in [-0.2, -0.15) is 0 Å². The highest BCUT2D eigenvalue weighted by molar-refractivity contribution is 5.85. The van der Waals surface area contributed by atoms with Crippen LogP contribution in [0.15, 0.2) is 0 Å². The number of halogens is 1. The lowest BCUT2D eigenvalue weighted by Gasteiger charge is -1.96. The normalized spacial score (nSPS) is 7.12. The standard InChI is InChI=1S/C2H7N3O2.ClH/c1-7-5-4-2(3)6;/h5H,1H3,(H3,3,4,6);1H. The maximum atomic E-state index is 9.73. The average Bonchev–Trinajstić information content (AvgIpc) is 1.61. The van der Waals surface area contributed by atoms with Gasteiger partial charge in [0.15, 0.2) is 0 Å². The van der Waals surface area contributed by atoms with E-state index in [9.17, 15) is 4.79 Å². The molecule has 6 heteroatoms. The molecule has 0 saturated heterocycles. The third-order valence-electron chi connectivity index (χ3n) is 0.276. The van der Waals surface area contributed by atoms with Crippen LogP contribution in [0.5, 0.6) is 0 Å². The van der Waals surface area contributed by atoms with Crippen molar-refractivity contribution in [2.45, 2.75) is 0 Å². The number of hydrogen-bond donors (Lipinski definition) is 3. The van der Waals surface area contributed by atoms with Crippen molar-refractivity contribution in [2.24, 2.45) is 5.73 Å². The van der Waals surface area contributed by atoms with E-state index in [1.54, 1.807) is 0 Å². The molecule has 5 nitrogen and oxygen atoms in total. The van der Waals surface area contributed by atoms with Crippen molar-refractivity contribution in [1.82, 2.24) is 11.0 Å². The van der Waals surface area contributed by atoms with Gasteiger partial charge in [0.2, 0.25) is 0 Å². The molecule has 0 rings (SSSR count). The molecule has 4 N–H and O–H groups in total. The number of nitrogens with two attached hydrogens (primary N) is 1. The Labute approximate surface area is 52.9 Å². The van der Waals surface area contributed by atoms with Gasteiger partial charge in [-0.15, -0.1) is 18.0 Å². The summed E-state index contributed by atoms with van der Waals surface area (Å²) >= 11 is 0. The predicted octanol–water partition coefficient (Wildman–Crippen LogP) is -0.858. The highest BCUT2D eigenvalue weighted by atomic mass is 35.5. The van der Waals surface area contributed by atoms with Gasteiger partial charge < -0.3 is 5.73 Å². The maximum Gasteiger partial charge on any atom is 0.328 e. The van der Waals surface area contributed by atoms with Crippen LogP contribution in [0.1, 0.15) is 0 Å². The second-order valence-electron chi connectivity index (χ2n) is 0.795. The Bertz CT molecular complexity index is 68.3. The van der Waals surface area contributed by atoms with Crippen LogP contribution in [0.2, 0.25) is 0 Å². The van der Waals surface area contributed by atoms with Crippen LogP contribution in [0.3, 0.4) is 0 Å². The fourth-order valence-corrected chi connectivity index (χ4v) is 0.101. The van der Waals surface area contributed by atoms with Gasteiger partial charge >= 0.3 is 6.03 Å². The number of hydrogen-bond acceptors (Lipinski definition) is 3. The molecule has 0 aromatic carbocycles. The second kappa shape index (κ2) is 6.48. The predicted molar refractivity (Wildman–Crippen MR) is 30.1 cm³/mol. The van der Waals surface area contributed by atoms with Crippen LogP contribution in [0, 0.1) is 0 Å². The SMILES string of the molecule is CONNC(N)=O.Cl. The zero-order valence-electron chi connectivity index (χ0n) is 4.30. The molecule has 0 spiro atoms. The zero-order valence-corrected chi connectivity index (χ0v) is 5.12. The van der Waals surface area contributed by atoms with Crippen molar-refractivity contribution in [1.29, 1.82) is 0 Å². The molecule has 2 amide bonds. The largest absolute Gasteiger partial charge is 0.350 e. The molecule has 0 saturated carbocycles. The molecule has 0 aromatic heterocycles. The van der Waals surface area contributed by atoms with Crippen molar-refractivity contribution in [2.75, 3.05) is 7.11 Å². The van der Waals surface area contributed by atoms with Gasteiger partial charge in [0.25, 0.3) is 0 Å². The minimum atomic E-state index is -0.679. The van der Waals surface area contributed by atoms with E-state index in [4.69, 9.17) is 0 Å². The van der Waals surface area contributed by atoms with Gasteiger partial charge in [0, 0.05) is 0 Å². The third kappa shape index (κ3) is 9.08. The van der Waals surface area contributed by atoms with Gasteiger partial charge in [-0.05, 0) is 0 Å². The van der Waals surface area contributed by atoms with Crippen molar-refractivity contribution in [3.05, 3.63) is 0 Å². The quantitative estimate of drug-likeness (QED) is 0.438. The molecule has 0 fully saturated rings. The number of carbonyl (C=O) groups excluding carboxylic acids is 1. The van der Waals surface area contributed by atoms with E-state index in [0.717, 1.165) is 0 Å². The molecule has 0 aliphatic carbocycles. The lowest BCUT2D eigenvalue weighted by Crippen LogP contribution is -2.40. The average molecular weight is 142 g/mol. The number of urea groups is 1. The molecule has 0 heterocycles. The van der Waals surface area contributed by atoms with Crippen LogP contribution in [0.4, 0.5) is 4.79 Å². The first-order chi connectivity index (χ1) is 3.27. The fraction of sp³-hybridized carbons (Fsp3) is 0.500. The second-order valence-corrected chi connectivity index (χ2v) is 0.795. The van der Waals surface area contributed by atoms with E-state index in [-0.39, 0.29) is 12.4 Å². The van der Waals surface area contributed by atoms with Crippen LogP contribution >= 0.6 is 12.4 Å². The molecule has 0 radical (unpaired) electrons. The molecular formula is C2H8ClN3O2. The van der Waals surface area contributed by atoms with Crippen molar-refractivity contribution >= 4 is 18.4 Å². The van der Waals surface area contributed by atoms with Gasteiger partial charge in [-0.25, -0.2) is 4.79 Å². The van der Waals surface area contributed by atoms with E-state index in [2.05, 4.69) is 10.6 Å². The molecular weight excluding hydrogens is 133 g/mol. The lowest BCUT2D eigenvalue weighted by molar-refractivity contribution is 0.0655. The summed E-state index contributed by atoms with van der Waals surface area (Å²) in [5.74, 6) is 0. The fourth-order valence-electron chi connectivity index (χ4n) is 0.101. The summed E-state index contributed by atoms with van der Waals surface area (Å²) in [5.41, 5.74) is 8.57. The van der Waals surface area contributed by atoms with E-state index in [1.807, 2.05) is 11.0 Å². The molecule has 50 valence electrons. The first-order valence-corrected chi connectivity index (χ1v) is 1.61. The minimum Gasteiger partial charge on any atom is -0.350 e. The van der Waals surface area contributed by atoms with Crippen LogP contribution < -0.4 is 16.7 Å². The Morgan fingerprint density at radius 2 is 2.25 bits per heavy atom. The number of rotatable bonds is 2. The van der Waals surface area contributed by atoms with E-state index in [1.165, 1.54) is 7.11 Å². The molecule has 0 aliphatic heterocycles. The Morgan fingerprint density at radius 1 is 1.75 bits per heavy atom. The molecule has 0 unspecified atom stereocenters. The number of amides is 2. The summed E-state index contributed by atoms with van der Waals surface area (Å²) in [7, 11) is 1.36. The summed E-state index contributed by atoms with van der Waals surface area (Å²) in [4.78, 5) is 13.9. The monoisotopic (exact) mass is 141 g/mol. The highest BCUT2D eigenvalue weighted by Gasteiger charge is 1.82. The highest BCUT2D eigenvalue weighted by Crippen LogP contribution is 1.46. The molecule has 8 heavy (non-hydrogen) atoms. The number of carbonyl (C=O) groups is 1. The molecule has 0 aliphatic rings. The smallest absolute Gasteiger partial charge is 0.328 e. The first kappa shape index (κ1) is 10.5. The Morgan fingerprint density at radius 3 is 2.38 bits per heavy atom. The minimum absolute atomic E-state index is 0. The Balaban J connectivity index is 0.